The summed E-state index contributed by atoms with van der Waals surface area (Å²) in [5, 5.41) is 5.65. The first-order valence-electron chi connectivity index (χ1n) is 7.16. The second-order valence-electron chi connectivity index (χ2n) is 5.06. The Morgan fingerprint density at radius 2 is 1.96 bits per heavy atom. The van der Waals surface area contributed by atoms with Gasteiger partial charge in [0.15, 0.2) is 0 Å². The summed E-state index contributed by atoms with van der Waals surface area (Å²) in [7, 11) is 0. The van der Waals surface area contributed by atoms with E-state index >= 15 is 0 Å². The highest BCUT2D eigenvalue weighted by atomic mass is 32.1. The van der Waals surface area contributed by atoms with Gasteiger partial charge in [-0.2, -0.15) is 0 Å². The molecule has 4 aromatic heterocycles. The molecule has 24 heavy (non-hydrogen) atoms. The summed E-state index contributed by atoms with van der Waals surface area (Å²) in [6, 6.07) is 11.3. The van der Waals surface area contributed by atoms with Crippen LogP contribution in [0.4, 0.5) is 11.4 Å². The lowest BCUT2D eigenvalue weighted by molar-refractivity contribution is 0.103. The van der Waals surface area contributed by atoms with Crippen molar-refractivity contribution in [2.75, 3.05) is 11.1 Å². The largest absolute Gasteiger partial charge is 0.397 e. The molecule has 0 bridgehead atoms. The molecular weight excluding hydrogens is 340 g/mol. The van der Waals surface area contributed by atoms with Gasteiger partial charge >= 0.3 is 0 Å². The van der Waals surface area contributed by atoms with Gasteiger partial charge in [-0.3, -0.25) is 9.78 Å². The van der Waals surface area contributed by atoms with E-state index in [2.05, 4.69) is 15.3 Å². The van der Waals surface area contributed by atoms with Crippen molar-refractivity contribution in [2.24, 2.45) is 0 Å². The Morgan fingerprint density at radius 3 is 2.71 bits per heavy atom. The Labute approximate surface area is 145 Å². The van der Waals surface area contributed by atoms with Crippen molar-refractivity contribution in [1.29, 1.82) is 0 Å². The zero-order valence-corrected chi connectivity index (χ0v) is 14.0. The van der Waals surface area contributed by atoms with Gasteiger partial charge in [0.1, 0.15) is 9.71 Å². The maximum Gasteiger partial charge on any atom is 0.267 e. The fourth-order valence-corrected chi connectivity index (χ4v) is 4.03. The van der Waals surface area contributed by atoms with E-state index in [1.54, 1.807) is 35.9 Å². The van der Waals surface area contributed by atoms with Crippen molar-refractivity contribution in [3.8, 4) is 10.6 Å². The third-order valence-corrected chi connectivity index (χ3v) is 5.52. The number of amides is 1. The molecule has 0 aromatic carbocycles. The van der Waals surface area contributed by atoms with E-state index in [1.165, 1.54) is 11.3 Å². The maximum atomic E-state index is 12.5. The number of rotatable bonds is 3. The summed E-state index contributed by atoms with van der Waals surface area (Å²) >= 11 is 2.93. The zero-order valence-electron chi connectivity index (χ0n) is 12.4. The highest BCUT2D eigenvalue weighted by Crippen LogP contribution is 2.35. The van der Waals surface area contributed by atoms with Gasteiger partial charge in [-0.1, -0.05) is 6.07 Å². The Hall–Kier alpha value is -2.77. The molecule has 4 heterocycles. The minimum absolute atomic E-state index is 0.237. The van der Waals surface area contributed by atoms with Crippen LogP contribution in [-0.4, -0.2) is 15.9 Å². The predicted molar refractivity (Wildman–Crippen MR) is 99.5 cm³/mol. The highest BCUT2D eigenvalue weighted by molar-refractivity contribution is 7.21. The lowest BCUT2D eigenvalue weighted by Crippen LogP contribution is -2.11. The van der Waals surface area contributed by atoms with Gasteiger partial charge < -0.3 is 11.1 Å². The third-order valence-electron chi connectivity index (χ3n) is 3.51. The van der Waals surface area contributed by atoms with Crippen LogP contribution < -0.4 is 11.1 Å². The van der Waals surface area contributed by atoms with E-state index in [0.717, 1.165) is 20.8 Å². The number of nitrogens with one attached hydrogen (secondary N) is 1. The van der Waals surface area contributed by atoms with Gasteiger partial charge in [0, 0.05) is 23.5 Å². The number of nitrogens with two attached hydrogens (primary N) is 1. The summed E-state index contributed by atoms with van der Waals surface area (Å²) in [4.78, 5) is 23.4. The number of nitrogen functional groups attached to an aromatic ring is 1. The van der Waals surface area contributed by atoms with E-state index < -0.39 is 0 Å². The second kappa shape index (κ2) is 6.03. The van der Waals surface area contributed by atoms with E-state index in [-0.39, 0.29) is 5.91 Å². The van der Waals surface area contributed by atoms with E-state index in [1.807, 2.05) is 29.6 Å². The number of aromatic nitrogens is 2. The van der Waals surface area contributed by atoms with E-state index in [9.17, 15) is 4.79 Å². The second-order valence-corrected chi connectivity index (χ2v) is 7.01. The number of fused-ring (bicyclic) bond motifs is 1. The molecule has 0 saturated carbocycles. The summed E-state index contributed by atoms with van der Waals surface area (Å²) in [6.45, 7) is 0. The summed E-state index contributed by atoms with van der Waals surface area (Å²) in [5.41, 5.74) is 8.20. The van der Waals surface area contributed by atoms with Crippen molar-refractivity contribution in [2.45, 2.75) is 0 Å². The van der Waals surface area contributed by atoms with Crippen LogP contribution in [0.15, 0.2) is 54.2 Å². The first-order chi connectivity index (χ1) is 11.7. The van der Waals surface area contributed by atoms with E-state index in [4.69, 9.17) is 5.73 Å². The van der Waals surface area contributed by atoms with Crippen molar-refractivity contribution in [3.63, 3.8) is 0 Å². The quantitative estimate of drug-likeness (QED) is 0.577. The van der Waals surface area contributed by atoms with Gasteiger partial charge in [-0.25, -0.2) is 4.98 Å². The lowest BCUT2D eigenvalue weighted by Gasteiger charge is -2.03. The number of thiophene rings is 2. The number of carbonyl (C=O) groups is 1. The van der Waals surface area contributed by atoms with Gasteiger partial charge in [-0.15, -0.1) is 22.7 Å². The topological polar surface area (TPSA) is 80.9 Å². The molecular formula is C17H12N4OS2. The smallest absolute Gasteiger partial charge is 0.267 e. The third kappa shape index (κ3) is 2.64. The average Bonchev–Trinajstić information content (AvgIpc) is 3.24. The normalized spacial score (nSPS) is 10.8. The molecule has 0 aliphatic carbocycles. The standard InChI is InChI=1S/C17H12N4OS2/c18-14-11-3-4-12(13-2-1-9-23-13)21-17(11)24-15(14)16(22)20-10-5-7-19-8-6-10/h1-9H,18H2,(H,19,20,22). The van der Waals surface area contributed by atoms with Crippen LogP contribution in [0.5, 0.6) is 0 Å². The minimum Gasteiger partial charge on any atom is -0.397 e. The van der Waals surface area contributed by atoms with Crippen molar-refractivity contribution < 1.29 is 4.79 Å². The minimum atomic E-state index is -0.237. The van der Waals surface area contributed by atoms with Crippen molar-refractivity contribution >= 4 is 50.2 Å². The Morgan fingerprint density at radius 1 is 1.12 bits per heavy atom. The molecule has 5 nitrogen and oxygen atoms in total. The molecule has 4 rings (SSSR count). The number of hydrogen-bond acceptors (Lipinski definition) is 6. The molecule has 4 aromatic rings. The molecule has 0 atom stereocenters. The molecule has 3 N–H and O–H groups in total. The van der Waals surface area contributed by atoms with Crippen LogP contribution >= 0.6 is 22.7 Å². The van der Waals surface area contributed by atoms with Crippen molar-refractivity contribution in [1.82, 2.24) is 9.97 Å². The van der Waals surface area contributed by atoms with Crippen molar-refractivity contribution in [3.05, 3.63) is 59.0 Å². The van der Waals surface area contributed by atoms with Crippen LogP contribution in [0, 0.1) is 0 Å². The molecule has 118 valence electrons. The molecule has 0 fully saturated rings. The number of carbonyl (C=O) groups excluding carboxylic acids is 1. The molecule has 0 spiro atoms. The van der Waals surface area contributed by atoms with Gasteiger partial charge in [-0.05, 0) is 35.7 Å². The molecule has 1 amide bonds. The molecule has 0 unspecified atom stereocenters. The number of pyridine rings is 2. The fourth-order valence-electron chi connectivity index (χ4n) is 2.35. The highest BCUT2D eigenvalue weighted by Gasteiger charge is 2.18. The number of anilines is 2. The van der Waals surface area contributed by atoms with Crippen LogP contribution in [0.25, 0.3) is 20.8 Å². The Balaban J connectivity index is 1.71. The van der Waals surface area contributed by atoms with E-state index in [0.29, 0.717) is 16.3 Å². The average molecular weight is 352 g/mol. The summed E-state index contributed by atoms with van der Waals surface area (Å²) in [5.74, 6) is -0.237. The monoisotopic (exact) mass is 352 g/mol. The molecule has 0 aliphatic heterocycles. The number of nitrogens with zero attached hydrogens (tertiary/aromatic N) is 2. The first kappa shape index (κ1) is 14.8. The Bertz CT molecular complexity index is 1010. The summed E-state index contributed by atoms with van der Waals surface area (Å²) in [6.07, 6.45) is 3.25. The van der Waals surface area contributed by atoms with Crippen LogP contribution in [-0.2, 0) is 0 Å². The van der Waals surface area contributed by atoms with Crippen LogP contribution in [0.3, 0.4) is 0 Å². The fraction of sp³-hybridized carbons (Fsp3) is 0. The number of hydrogen-bond donors (Lipinski definition) is 2. The lowest BCUT2D eigenvalue weighted by atomic mass is 10.2. The SMILES string of the molecule is Nc1c(C(=O)Nc2ccncc2)sc2nc(-c3cccs3)ccc12. The van der Waals surface area contributed by atoms with Crippen LogP contribution in [0.2, 0.25) is 0 Å². The van der Waals surface area contributed by atoms with Gasteiger partial charge in [0.25, 0.3) is 5.91 Å². The predicted octanol–water partition coefficient (Wildman–Crippen LogP) is 4.25. The zero-order chi connectivity index (χ0) is 16.5. The molecule has 7 heteroatoms. The summed E-state index contributed by atoms with van der Waals surface area (Å²) < 4.78 is 0. The Kier molecular flexibility index (Phi) is 3.72. The molecule has 0 saturated heterocycles. The van der Waals surface area contributed by atoms with Crippen LogP contribution in [0.1, 0.15) is 9.67 Å². The first-order valence-corrected chi connectivity index (χ1v) is 8.86. The molecule has 0 aliphatic rings. The van der Waals surface area contributed by atoms with Gasteiger partial charge in [0.05, 0.1) is 16.3 Å². The maximum absolute atomic E-state index is 12.5. The molecule has 0 radical (unpaired) electrons. The van der Waals surface area contributed by atoms with Gasteiger partial charge in [0.2, 0.25) is 0 Å².